The van der Waals surface area contributed by atoms with Gasteiger partial charge in [0.05, 0.1) is 0 Å². The fourth-order valence-corrected chi connectivity index (χ4v) is 6.85. The molecule has 52 heavy (non-hydrogen) atoms. The Morgan fingerprint density at radius 1 is 0.308 bits per heavy atom. The van der Waals surface area contributed by atoms with E-state index in [2.05, 4.69) is 20.8 Å². The Bertz CT molecular complexity index is 768. The molecule has 0 aromatic carbocycles. The van der Waals surface area contributed by atoms with Crippen LogP contribution in [0.2, 0.25) is 0 Å². The normalized spacial score (nSPS) is 11.8. The Labute approximate surface area is 323 Å². The van der Waals surface area contributed by atoms with Crippen molar-refractivity contribution in [3.8, 4) is 0 Å². The number of hydrogen-bond acceptors (Lipinski definition) is 6. The lowest BCUT2D eigenvalue weighted by molar-refractivity contribution is -0.167. The molecule has 0 N–H and O–H groups in total. The summed E-state index contributed by atoms with van der Waals surface area (Å²) in [6, 6.07) is 0. The molecule has 0 saturated carbocycles. The summed E-state index contributed by atoms with van der Waals surface area (Å²) in [6.45, 7) is 6.58. The maximum absolute atomic E-state index is 12.7. The third-order valence-electron chi connectivity index (χ3n) is 10.4. The van der Waals surface area contributed by atoms with Gasteiger partial charge in [-0.25, -0.2) is 0 Å². The summed E-state index contributed by atoms with van der Waals surface area (Å²) in [5.74, 6) is -0.865. The van der Waals surface area contributed by atoms with Crippen molar-refractivity contribution in [1.82, 2.24) is 0 Å². The van der Waals surface area contributed by atoms with Crippen molar-refractivity contribution in [1.29, 1.82) is 0 Å². The molecule has 0 unspecified atom stereocenters. The Kier molecular flexibility index (Phi) is 40.9. The molecule has 0 saturated heterocycles. The zero-order valence-corrected chi connectivity index (χ0v) is 35.1. The molecule has 0 radical (unpaired) electrons. The van der Waals surface area contributed by atoms with E-state index in [1.807, 2.05) is 0 Å². The molecule has 6 heteroatoms. The molecule has 6 nitrogen and oxygen atoms in total. The minimum absolute atomic E-state index is 0.0638. The average molecular weight is 737 g/mol. The standard InChI is InChI=1S/C46H88O6/c1-4-7-10-13-15-17-19-21-22-23-24-25-27-29-31-34-37-40-46(49)52-43(41-50-44(47)38-35-32-12-9-6-3)42-51-45(48)39-36-33-30-28-26-20-18-16-14-11-8-5-2/h43H,4-42H2,1-3H3/t43-/m1/s1. The monoisotopic (exact) mass is 737 g/mol. The molecule has 0 aliphatic heterocycles. The van der Waals surface area contributed by atoms with Crippen molar-refractivity contribution in [2.45, 2.75) is 264 Å². The van der Waals surface area contributed by atoms with E-state index in [-0.39, 0.29) is 31.1 Å². The molecule has 0 spiro atoms. The van der Waals surface area contributed by atoms with Gasteiger partial charge < -0.3 is 14.2 Å². The van der Waals surface area contributed by atoms with E-state index < -0.39 is 6.10 Å². The molecule has 0 rings (SSSR count). The Hall–Kier alpha value is -1.59. The first kappa shape index (κ1) is 50.4. The van der Waals surface area contributed by atoms with Crippen molar-refractivity contribution < 1.29 is 28.6 Å². The highest BCUT2D eigenvalue weighted by atomic mass is 16.6. The highest BCUT2D eigenvalue weighted by Gasteiger charge is 2.19. The molecule has 0 fully saturated rings. The van der Waals surface area contributed by atoms with Crippen LogP contribution in [0, 0.1) is 0 Å². The van der Waals surface area contributed by atoms with Crippen LogP contribution in [-0.2, 0) is 28.6 Å². The number of ether oxygens (including phenoxy) is 3. The van der Waals surface area contributed by atoms with Crippen LogP contribution in [-0.4, -0.2) is 37.2 Å². The van der Waals surface area contributed by atoms with Gasteiger partial charge in [0.15, 0.2) is 6.10 Å². The van der Waals surface area contributed by atoms with Gasteiger partial charge in [-0.3, -0.25) is 14.4 Å². The van der Waals surface area contributed by atoms with Gasteiger partial charge in [0.1, 0.15) is 13.2 Å². The summed E-state index contributed by atoms with van der Waals surface area (Å²) in [7, 11) is 0. The molecule has 0 amide bonds. The van der Waals surface area contributed by atoms with Crippen molar-refractivity contribution in [2.75, 3.05) is 13.2 Å². The van der Waals surface area contributed by atoms with Crippen molar-refractivity contribution in [2.24, 2.45) is 0 Å². The average Bonchev–Trinajstić information content (AvgIpc) is 3.14. The summed E-state index contributed by atoms with van der Waals surface area (Å²) in [5.41, 5.74) is 0. The number of carbonyl (C=O) groups excluding carboxylic acids is 3. The molecule has 0 aliphatic carbocycles. The van der Waals surface area contributed by atoms with Crippen LogP contribution in [0.1, 0.15) is 258 Å². The SMILES string of the molecule is CCCCCCCCCCCCCCCCCCCC(=O)O[C@H](COC(=O)CCCCCCC)COC(=O)CCCCCCCCCCCCCC. The van der Waals surface area contributed by atoms with Crippen molar-refractivity contribution >= 4 is 17.9 Å². The van der Waals surface area contributed by atoms with Crippen molar-refractivity contribution in [3.63, 3.8) is 0 Å². The smallest absolute Gasteiger partial charge is 0.306 e. The van der Waals surface area contributed by atoms with Gasteiger partial charge >= 0.3 is 17.9 Å². The van der Waals surface area contributed by atoms with Crippen LogP contribution < -0.4 is 0 Å². The Morgan fingerprint density at radius 3 is 0.769 bits per heavy atom. The van der Waals surface area contributed by atoms with Crippen LogP contribution in [0.4, 0.5) is 0 Å². The van der Waals surface area contributed by atoms with E-state index in [0.717, 1.165) is 64.2 Å². The molecule has 0 aromatic heterocycles. The van der Waals surface area contributed by atoms with E-state index in [0.29, 0.717) is 19.3 Å². The maximum atomic E-state index is 12.7. The minimum atomic E-state index is -0.756. The van der Waals surface area contributed by atoms with Crippen LogP contribution in [0.15, 0.2) is 0 Å². The quantitative estimate of drug-likeness (QED) is 0.0353. The number of unbranched alkanes of at least 4 members (excludes halogenated alkanes) is 31. The zero-order valence-electron chi connectivity index (χ0n) is 35.1. The summed E-state index contributed by atoms with van der Waals surface area (Å²) in [4.78, 5) is 37.4. The summed E-state index contributed by atoms with van der Waals surface area (Å²) >= 11 is 0. The second-order valence-corrected chi connectivity index (χ2v) is 15.7. The Morgan fingerprint density at radius 2 is 0.519 bits per heavy atom. The van der Waals surface area contributed by atoms with Gasteiger partial charge in [0, 0.05) is 19.3 Å². The molecular formula is C46H88O6. The molecule has 1 atom stereocenters. The van der Waals surface area contributed by atoms with E-state index in [1.165, 1.54) is 154 Å². The molecule has 0 heterocycles. The molecule has 308 valence electrons. The van der Waals surface area contributed by atoms with Gasteiger partial charge in [-0.15, -0.1) is 0 Å². The van der Waals surface area contributed by atoms with Crippen LogP contribution in [0.3, 0.4) is 0 Å². The fourth-order valence-electron chi connectivity index (χ4n) is 6.85. The first-order chi connectivity index (χ1) is 25.5. The number of hydrogen-bond donors (Lipinski definition) is 0. The lowest BCUT2D eigenvalue weighted by atomic mass is 10.0. The van der Waals surface area contributed by atoms with Gasteiger partial charge in [-0.2, -0.15) is 0 Å². The second-order valence-electron chi connectivity index (χ2n) is 15.7. The van der Waals surface area contributed by atoms with Gasteiger partial charge in [0.25, 0.3) is 0 Å². The molecule has 0 bridgehead atoms. The van der Waals surface area contributed by atoms with E-state index in [4.69, 9.17) is 14.2 Å². The first-order valence-corrected chi connectivity index (χ1v) is 23.0. The van der Waals surface area contributed by atoms with Crippen molar-refractivity contribution in [3.05, 3.63) is 0 Å². The predicted octanol–water partition coefficient (Wildman–Crippen LogP) is 14.5. The minimum Gasteiger partial charge on any atom is -0.462 e. The molecule has 0 aromatic rings. The predicted molar refractivity (Wildman–Crippen MR) is 220 cm³/mol. The lowest BCUT2D eigenvalue weighted by Gasteiger charge is -2.18. The van der Waals surface area contributed by atoms with Crippen LogP contribution in [0.5, 0.6) is 0 Å². The van der Waals surface area contributed by atoms with Crippen LogP contribution >= 0.6 is 0 Å². The Balaban J connectivity index is 4.15. The third-order valence-corrected chi connectivity index (χ3v) is 10.4. The largest absolute Gasteiger partial charge is 0.462 e. The number of esters is 3. The zero-order chi connectivity index (χ0) is 38.0. The van der Waals surface area contributed by atoms with E-state index >= 15 is 0 Å². The van der Waals surface area contributed by atoms with Gasteiger partial charge in [-0.1, -0.05) is 220 Å². The van der Waals surface area contributed by atoms with Crippen LogP contribution in [0.25, 0.3) is 0 Å². The molecule has 0 aliphatic rings. The molecular weight excluding hydrogens is 648 g/mol. The lowest BCUT2D eigenvalue weighted by Crippen LogP contribution is -2.30. The summed E-state index contributed by atoms with van der Waals surface area (Å²) in [5, 5.41) is 0. The number of carbonyl (C=O) groups is 3. The first-order valence-electron chi connectivity index (χ1n) is 23.0. The highest BCUT2D eigenvalue weighted by molar-refractivity contribution is 5.71. The van der Waals surface area contributed by atoms with Gasteiger partial charge in [-0.05, 0) is 19.3 Å². The summed E-state index contributed by atoms with van der Waals surface area (Å²) < 4.78 is 16.6. The second kappa shape index (κ2) is 42.2. The van der Waals surface area contributed by atoms with E-state index in [9.17, 15) is 14.4 Å². The van der Waals surface area contributed by atoms with Gasteiger partial charge in [0.2, 0.25) is 0 Å². The fraction of sp³-hybridized carbons (Fsp3) is 0.935. The van der Waals surface area contributed by atoms with E-state index in [1.54, 1.807) is 0 Å². The summed E-state index contributed by atoms with van der Waals surface area (Å²) in [6.07, 6.45) is 42.6. The topological polar surface area (TPSA) is 78.9 Å². The third kappa shape index (κ3) is 39.6. The number of rotatable bonds is 42. The maximum Gasteiger partial charge on any atom is 0.306 e. The highest BCUT2D eigenvalue weighted by Crippen LogP contribution is 2.16.